The van der Waals surface area contributed by atoms with Crippen LogP contribution >= 0.6 is 0 Å². The standard InChI is InChI=1S/C13H26N2O5/c1-5-17-9-14-11(19-7-3)12(20-8-4)15(13(14)16)10-18-6-2/h11-12H,5-10H2,1-4H3. The van der Waals surface area contributed by atoms with Gasteiger partial charge in [-0.25, -0.2) is 4.79 Å². The molecule has 2 amide bonds. The van der Waals surface area contributed by atoms with Gasteiger partial charge in [-0.05, 0) is 27.7 Å². The summed E-state index contributed by atoms with van der Waals surface area (Å²) in [6.07, 6.45) is -0.945. The highest BCUT2D eigenvalue weighted by molar-refractivity contribution is 5.77. The van der Waals surface area contributed by atoms with Gasteiger partial charge >= 0.3 is 6.03 Å². The normalized spacial score (nSPS) is 22.9. The molecule has 2 atom stereocenters. The van der Waals surface area contributed by atoms with Crippen molar-refractivity contribution in [2.24, 2.45) is 0 Å². The van der Waals surface area contributed by atoms with Crippen LogP contribution in [0.5, 0.6) is 0 Å². The fourth-order valence-electron chi connectivity index (χ4n) is 2.01. The van der Waals surface area contributed by atoms with Gasteiger partial charge in [0.1, 0.15) is 13.5 Å². The van der Waals surface area contributed by atoms with Crippen LogP contribution in [0, 0.1) is 0 Å². The summed E-state index contributed by atoms with van der Waals surface area (Å²) < 4.78 is 22.0. The quantitative estimate of drug-likeness (QED) is 0.609. The van der Waals surface area contributed by atoms with Gasteiger partial charge in [-0.1, -0.05) is 0 Å². The first kappa shape index (κ1) is 17.2. The molecule has 1 rings (SSSR count). The molecule has 20 heavy (non-hydrogen) atoms. The first-order valence-corrected chi connectivity index (χ1v) is 7.17. The summed E-state index contributed by atoms with van der Waals surface area (Å²) in [6, 6.07) is -0.191. The number of rotatable bonds is 10. The van der Waals surface area contributed by atoms with Gasteiger partial charge in [0.05, 0.1) is 0 Å². The molecule has 0 aromatic rings. The highest BCUT2D eigenvalue weighted by Crippen LogP contribution is 2.25. The zero-order valence-electron chi connectivity index (χ0n) is 12.8. The molecule has 1 saturated heterocycles. The Labute approximate surface area is 120 Å². The molecule has 0 aliphatic carbocycles. The predicted octanol–water partition coefficient (Wildman–Crippen LogP) is 1.44. The number of ether oxygens (including phenoxy) is 4. The Balaban J connectivity index is 2.83. The predicted molar refractivity (Wildman–Crippen MR) is 72.9 cm³/mol. The molecule has 0 spiro atoms. The lowest BCUT2D eigenvalue weighted by molar-refractivity contribution is -0.155. The van der Waals surface area contributed by atoms with Crippen molar-refractivity contribution in [2.75, 3.05) is 39.9 Å². The third-order valence-corrected chi connectivity index (χ3v) is 2.89. The van der Waals surface area contributed by atoms with Crippen molar-refractivity contribution in [3.8, 4) is 0 Å². The molecule has 118 valence electrons. The second kappa shape index (κ2) is 9.12. The number of carbonyl (C=O) groups excluding carboxylic acids is 1. The van der Waals surface area contributed by atoms with E-state index in [2.05, 4.69) is 0 Å². The van der Waals surface area contributed by atoms with Gasteiger partial charge in [0, 0.05) is 26.4 Å². The zero-order valence-corrected chi connectivity index (χ0v) is 12.8. The van der Waals surface area contributed by atoms with Crippen molar-refractivity contribution in [1.29, 1.82) is 0 Å². The van der Waals surface area contributed by atoms with Crippen molar-refractivity contribution in [2.45, 2.75) is 40.2 Å². The van der Waals surface area contributed by atoms with Crippen LogP contribution in [0.25, 0.3) is 0 Å². The van der Waals surface area contributed by atoms with Crippen LogP contribution < -0.4 is 0 Å². The Hall–Kier alpha value is -0.890. The van der Waals surface area contributed by atoms with Gasteiger partial charge in [0.25, 0.3) is 0 Å². The molecule has 1 aliphatic heterocycles. The Morgan fingerprint density at radius 2 is 1.20 bits per heavy atom. The van der Waals surface area contributed by atoms with Crippen LogP contribution in [0.3, 0.4) is 0 Å². The fourth-order valence-corrected chi connectivity index (χ4v) is 2.01. The molecule has 0 bridgehead atoms. The van der Waals surface area contributed by atoms with E-state index in [4.69, 9.17) is 18.9 Å². The van der Waals surface area contributed by atoms with E-state index in [-0.39, 0.29) is 19.5 Å². The smallest absolute Gasteiger partial charge is 0.328 e. The van der Waals surface area contributed by atoms with E-state index in [0.29, 0.717) is 26.4 Å². The van der Waals surface area contributed by atoms with Gasteiger partial charge in [-0.3, -0.25) is 9.80 Å². The minimum atomic E-state index is -0.473. The molecule has 0 N–H and O–H groups in total. The van der Waals surface area contributed by atoms with Crippen LogP contribution in [0.1, 0.15) is 27.7 Å². The molecule has 2 unspecified atom stereocenters. The highest BCUT2D eigenvalue weighted by atomic mass is 16.6. The summed E-state index contributed by atoms with van der Waals surface area (Å²) in [4.78, 5) is 15.5. The molecule has 1 heterocycles. The highest BCUT2D eigenvalue weighted by Gasteiger charge is 2.47. The summed E-state index contributed by atoms with van der Waals surface area (Å²) in [6.45, 7) is 9.97. The molecule has 0 aromatic heterocycles. The average molecular weight is 290 g/mol. The monoisotopic (exact) mass is 290 g/mol. The molecule has 0 radical (unpaired) electrons. The molecular formula is C13H26N2O5. The summed E-state index contributed by atoms with van der Waals surface area (Å²) in [7, 11) is 0. The van der Waals surface area contributed by atoms with Gasteiger partial charge in [-0.15, -0.1) is 0 Å². The van der Waals surface area contributed by atoms with Crippen LogP contribution in [0.15, 0.2) is 0 Å². The molecule has 1 aliphatic rings. The largest absolute Gasteiger partial charge is 0.361 e. The van der Waals surface area contributed by atoms with Crippen molar-refractivity contribution in [1.82, 2.24) is 9.80 Å². The molecular weight excluding hydrogens is 264 g/mol. The topological polar surface area (TPSA) is 60.5 Å². The first-order valence-electron chi connectivity index (χ1n) is 7.17. The molecule has 0 aromatic carbocycles. The number of nitrogens with zero attached hydrogens (tertiary/aromatic N) is 2. The van der Waals surface area contributed by atoms with E-state index in [0.717, 1.165) is 0 Å². The van der Waals surface area contributed by atoms with Crippen LogP contribution in [0.4, 0.5) is 4.79 Å². The van der Waals surface area contributed by atoms with Crippen LogP contribution in [0.2, 0.25) is 0 Å². The maximum absolute atomic E-state index is 12.4. The minimum absolute atomic E-state index is 0.187. The summed E-state index contributed by atoms with van der Waals surface area (Å²) in [5.41, 5.74) is 0. The number of carbonyl (C=O) groups is 1. The van der Waals surface area contributed by atoms with E-state index >= 15 is 0 Å². The molecule has 1 fully saturated rings. The third-order valence-electron chi connectivity index (χ3n) is 2.89. The summed E-state index contributed by atoms with van der Waals surface area (Å²) in [5, 5.41) is 0. The number of amides is 2. The Morgan fingerprint density at radius 1 is 0.800 bits per heavy atom. The molecule has 7 nitrogen and oxygen atoms in total. The third kappa shape index (κ3) is 4.05. The van der Waals surface area contributed by atoms with E-state index in [9.17, 15) is 4.79 Å². The first-order chi connectivity index (χ1) is 9.71. The van der Waals surface area contributed by atoms with Crippen molar-refractivity contribution in [3.63, 3.8) is 0 Å². The van der Waals surface area contributed by atoms with Crippen molar-refractivity contribution >= 4 is 6.03 Å². The van der Waals surface area contributed by atoms with E-state index < -0.39 is 12.5 Å². The fraction of sp³-hybridized carbons (Fsp3) is 0.923. The number of hydrogen-bond donors (Lipinski definition) is 0. The van der Waals surface area contributed by atoms with E-state index in [1.54, 1.807) is 0 Å². The number of hydrogen-bond acceptors (Lipinski definition) is 5. The Morgan fingerprint density at radius 3 is 1.50 bits per heavy atom. The van der Waals surface area contributed by atoms with Gasteiger partial charge in [0.2, 0.25) is 0 Å². The Bertz CT molecular complexity index is 264. The molecule has 7 heteroatoms. The van der Waals surface area contributed by atoms with Crippen molar-refractivity contribution in [3.05, 3.63) is 0 Å². The molecule has 0 saturated carbocycles. The van der Waals surface area contributed by atoms with Gasteiger partial charge in [0.15, 0.2) is 12.5 Å². The average Bonchev–Trinajstić information content (AvgIpc) is 2.68. The Kier molecular flexibility index (Phi) is 7.83. The summed E-state index contributed by atoms with van der Waals surface area (Å²) >= 11 is 0. The minimum Gasteiger partial charge on any atom is -0.361 e. The summed E-state index contributed by atoms with van der Waals surface area (Å²) in [5.74, 6) is 0. The van der Waals surface area contributed by atoms with Crippen LogP contribution in [-0.2, 0) is 18.9 Å². The zero-order chi connectivity index (χ0) is 15.0. The number of urea groups is 1. The SMILES string of the molecule is CCOCN1C(=O)N(COCC)C(OCC)C1OCC. The van der Waals surface area contributed by atoms with Crippen LogP contribution in [-0.4, -0.2) is 68.2 Å². The lowest BCUT2D eigenvalue weighted by atomic mass is 10.4. The van der Waals surface area contributed by atoms with Gasteiger partial charge < -0.3 is 18.9 Å². The second-order valence-corrected chi connectivity index (χ2v) is 4.16. The lowest BCUT2D eigenvalue weighted by Gasteiger charge is -2.26. The van der Waals surface area contributed by atoms with E-state index in [1.807, 2.05) is 27.7 Å². The second-order valence-electron chi connectivity index (χ2n) is 4.16. The maximum Gasteiger partial charge on any atom is 0.328 e. The lowest BCUT2D eigenvalue weighted by Crippen LogP contribution is -2.42. The van der Waals surface area contributed by atoms with E-state index in [1.165, 1.54) is 9.80 Å². The maximum atomic E-state index is 12.4. The van der Waals surface area contributed by atoms with Gasteiger partial charge in [-0.2, -0.15) is 0 Å². The van der Waals surface area contributed by atoms with Crippen molar-refractivity contribution < 1.29 is 23.7 Å².